The van der Waals surface area contributed by atoms with E-state index in [0.717, 1.165) is 23.8 Å². The van der Waals surface area contributed by atoms with Gasteiger partial charge in [-0.05, 0) is 44.5 Å². The van der Waals surface area contributed by atoms with E-state index in [9.17, 15) is 22.8 Å². The summed E-state index contributed by atoms with van der Waals surface area (Å²) in [4.78, 5) is 28.3. The molecule has 0 bridgehead atoms. The number of nitrogens with one attached hydrogen (secondary N) is 2. The summed E-state index contributed by atoms with van der Waals surface area (Å²) in [6.45, 7) is 5.27. The quantitative estimate of drug-likeness (QED) is 0.354. The number of anilines is 1. The van der Waals surface area contributed by atoms with E-state index in [2.05, 4.69) is 10.6 Å². The fourth-order valence-electron chi connectivity index (χ4n) is 5.00. The lowest BCUT2D eigenvalue weighted by molar-refractivity contribution is -0.162. The van der Waals surface area contributed by atoms with Crippen molar-refractivity contribution in [2.24, 2.45) is 0 Å². The standard InChI is InChI=1S/C27H28Cl2F4N4O3/c1-13-10-36(11-14(2)35-13)23-21(30)8-18-22(25(23)40-4)37(15(3)27(31,32)33)12-19(24(18)38)26(39)34-9-16-5-6-17(28)7-20(16)29/h5-8,12-15,35H,9-11H2,1-4H3,(H,34,39)/t13-,14+,15-/m1/s1. The minimum Gasteiger partial charge on any atom is -0.492 e. The van der Waals surface area contributed by atoms with E-state index in [1.807, 2.05) is 13.8 Å². The van der Waals surface area contributed by atoms with Crippen LogP contribution in [0.4, 0.5) is 23.2 Å². The summed E-state index contributed by atoms with van der Waals surface area (Å²) in [5.74, 6) is -2.02. The van der Waals surface area contributed by atoms with E-state index in [1.165, 1.54) is 13.2 Å². The molecule has 3 aromatic rings. The Morgan fingerprint density at radius 3 is 2.42 bits per heavy atom. The second-order valence-electron chi connectivity index (χ2n) is 9.93. The van der Waals surface area contributed by atoms with Crippen molar-refractivity contribution in [1.82, 2.24) is 15.2 Å². The van der Waals surface area contributed by atoms with E-state index in [-0.39, 0.29) is 40.6 Å². The Balaban J connectivity index is 1.89. The topological polar surface area (TPSA) is 75.6 Å². The smallest absolute Gasteiger partial charge is 0.408 e. The highest BCUT2D eigenvalue weighted by molar-refractivity contribution is 6.35. The van der Waals surface area contributed by atoms with E-state index in [1.54, 1.807) is 17.0 Å². The van der Waals surface area contributed by atoms with Crippen LogP contribution in [-0.4, -0.2) is 48.9 Å². The zero-order valence-corrected chi connectivity index (χ0v) is 23.6. The SMILES string of the molecule is COc1c(N2C[C@@H](C)N[C@@H](C)C2)c(F)cc2c(=O)c(C(=O)NCc3ccc(Cl)cc3Cl)cn([C@H](C)C(F)(F)F)c12. The molecular weight excluding hydrogens is 575 g/mol. The summed E-state index contributed by atoms with van der Waals surface area (Å²) >= 11 is 12.0. The van der Waals surface area contributed by atoms with Gasteiger partial charge >= 0.3 is 6.18 Å². The molecule has 0 aliphatic carbocycles. The van der Waals surface area contributed by atoms with Gasteiger partial charge in [-0.3, -0.25) is 9.59 Å². The van der Waals surface area contributed by atoms with Gasteiger partial charge < -0.3 is 24.8 Å². The second kappa shape index (κ2) is 11.5. The number of methoxy groups -OCH3 is 1. The van der Waals surface area contributed by atoms with Gasteiger partial charge in [-0.25, -0.2) is 4.39 Å². The van der Waals surface area contributed by atoms with Gasteiger partial charge in [0.1, 0.15) is 17.3 Å². The zero-order valence-electron chi connectivity index (χ0n) is 22.1. The number of aromatic nitrogens is 1. The third-order valence-corrected chi connectivity index (χ3v) is 7.45. The molecule has 13 heteroatoms. The van der Waals surface area contributed by atoms with Crippen LogP contribution in [0, 0.1) is 5.82 Å². The molecule has 1 aromatic heterocycles. The number of hydrogen-bond donors (Lipinski definition) is 2. The van der Waals surface area contributed by atoms with Crippen LogP contribution in [0.5, 0.6) is 5.75 Å². The summed E-state index contributed by atoms with van der Waals surface area (Å²) < 4.78 is 64.1. The maximum atomic E-state index is 15.7. The third kappa shape index (κ3) is 5.87. The first-order valence-electron chi connectivity index (χ1n) is 12.5. The van der Waals surface area contributed by atoms with Gasteiger partial charge in [0.05, 0.1) is 18.0 Å². The van der Waals surface area contributed by atoms with Crippen LogP contribution in [0.25, 0.3) is 10.9 Å². The lowest BCUT2D eigenvalue weighted by atomic mass is 10.0. The van der Waals surface area contributed by atoms with E-state index >= 15 is 4.39 Å². The van der Waals surface area contributed by atoms with Crippen LogP contribution in [0.1, 0.15) is 42.7 Å². The summed E-state index contributed by atoms with van der Waals surface area (Å²) in [5, 5.41) is 6.03. The molecule has 1 saturated heterocycles. The van der Waals surface area contributed by atoms with Crippen LogP contribution in [0.2, 0.25) is 10.0 Å². The summed E-state index contributed by atoms with van der Waals surface area (Å²) in [7, 11) is 1.20. The van der Waals surface area contributed by atoms with E-state index in [4.69, 9.17) is 27.9 Å². The Labute approximate surface area is 238 Å². The molecule has 2 aromatic carbocycles. The molecule has 0 spiro atoms. The summed E-state index contributed by atoms with van der Waals surface area (Å²) in [5.41, 5.74) is -1.36. The molecule has 3 atom stereocenters. The van der Waals surface area contributed by atoms with Crippen molar-refractivity contribution in [2.45, 2.75) is 51.6 Å². The van der Waals surface area contributed by atoms with Crippen molar-refractivity contribution >= 4 is 45.7 Å². The predicted molar refractivity (Wildman–Crippen MR) is 147 cm³/mol. The molecule has 0 unspecified atom stereocenters. The van der Waals surface area contributed by atoms with Gasteiger partial charge in [0.15, 0.2) is 11.6 Å². The molecule has 1 aliphatic heterocycles. The maximum Gasteiger partial charge on any atom is 0.408 e. The number of pyridine rings is 1. The van der Waals surface area contributed by atoms with Gasteiger partial charge in [-0.1, -0.05) is 29.3 Å². The Kier molecular flexibility index (Phi) is 8.58. The van der Waals surface area contributed by atoms with Gasteiger partial charge in [0, 0.05) is 48.0 Å². The summed E-state index contributed by atoms with van der Waals surface area (Å²) in [6.07, 6.45) is -3.92. The van der Waals surface area contributed by atoms with Gasteiger partial charge in [-0.15, -0.1) is 0 Å². The van der Waals surface area contributed by atoms with Gasteiger partial charge in [0.2, 0.25) is 5.43 Å². The van der Waals surface area contributed by atoms with Crippen molar-refractivity contribution in [3.8, 4) is 5.75 Å². The molecule has 0 radical (unpaired) electrons. The fraction of sp³-hybridized carbons (Fsp3) is 0.407. The lowest BCUT2D eigenvalue weighted by Crippen LogP contribution is -2.54. The molecule has 1 fully saturated rings. The molecule has 1 aliphatic rings. The molecule has 2 heterocycles. The number of carbonyl (C=O) groups excluding carboxylic acids is 1. The maximum absolute atomic E-state index is 15.7. The molecule has 2 N–H and O–H groups in total. The largest absolute Gasteiger partial charge is 0.492 e. The Morgan fingerprint density at radius 2 is 1.85 bits per heavy atom. The number of alkyl halides is 3. The highest BCUT2D eigenvalue weighted by atomic mass is 35.5. The Morgan fingerprint density at radius 1 is 1.20 bits per heavy atom. The van der Waals surface area contributed by atoms with Gasteiger partial charge in [-0.2, -0.15) is 13.2 Å². The van der Waals surface area contributed by atoms with E-state index in [0.29, 0.717) is 23.7 Å². The molecule has 7 nitrogen and oxygen atoms in total. The number of ether oxygens (including phenoxy) is 1. The normalized spacial score (nSPS) is 18.6. The van der Waals surface area contributed by atoms with Crippen molar-refractivity contribution in [3.05, 3.63) is 67.7 Å². The number of amides is 1. The molecule has 216 valence electrons. The van der Waals surface area contributed by atoms with Crippen molar-refractivity contribution in [2.75, 3.05) is 25.1 Å². The number of nitrogens with zero attached hydrogens (tertiary/aromatic N) is 2. The minimum absolute atomic E-state index is 0.0416. The summed E-state index contributed by atoms with van der Waals surface area (Å²) in [6, 6.07) is 3.19. The van der Waals surface area contributed by atoms with Crippen LogP contribution in [-0.2, 0) is 6.54 Å². The average Bonchev–Trinajstić information content (AvgIpc) is 2.86. The first kappa shape index (κ1) is 30.0. The lowest BCUT2D eigenvalue weighted by Gasteiger charge is -2.38. The molecule has 0 saturated carbocycles. The zero-order chi connectivity index (χ0) is 29.5. The fourth-order valence-corrected chi connectivity index (χ4v) is 5.48. The number of piperazine rings is 1. The number of halogens is 6. The van der Waals surface area contributed by atoms with Gasteiger partial charge in [0.25, 0.3) is 5.91 Å². The van der Waals surface area contributed by atoms with Crippen molar-refractivity contribution < 1.29 is 27.1 Å². The highest BCUT2D eigenvalue weighted by Gasteiger charge is 2.39. The molecule has 1 amide bonds. The predicted octanol–water partition coefficient (Wildman–Crippen LogP) is 5.70. The molecular formula is C27H28Cl2F4N4O3. The monoisotopic (exact) mass is 602 g/mol. The van der Waals surface area contributed by atoms with Crippen LogP contribution in [0.3, 0.4) is 0 Å². The molecule has 40 heavy (non-hydrogen) atoms. The number of benzene rings is 2. The second-order valence-corrected chi connectivity index (χ2v) is 10.8. The van der Waals surface area contributed by atoms with Crippen LogP contribution >= 0.6 is 23.2 Å². The number of rotatable bonds is 6. The third-order valence-electron chi connectivity index (χ3n) is 6.87. The number of hydrogen-bond acceptors (Lipinski definition) is 5. The van der Waals surface area contributed by atoms with E-state index < -0.39 is 40.3 Å². The van der Waals surface area contributed by atoms with Crippen molar-refractivity contribution in [1.29, 1.82) is 0 Å². The molecule has 4 rings (SSSR count). The van der Waals surface area contributed by atoms with Crippen LogP contribution < -0.4 is 25.7 Å². The average molecular weight is 603 g/mol. The minimum atomic E-state index is -4.76. The highest BCUT2D eigenvalue weighted by Crippen LogP contribution is 2.42. The first-order valence-corrected chi connectivity index (χ1v) is 13.2. The Bertz CT molecular complexity index is 1500. The van der Waals surface area contributed by atoms with Crippen LogP contribution in [0.15, 0.2) is 35.3 Å². The van der Waals surface area contributed by atoms with Crippen molar-refractivity contribution in [3.63, 3.8) is 0 Å². The first-order chi connectivity index (χ1) is 18.7. The number of carbonyl (C=O) groups is 1. The number of fused-ring (bicyclic) bond motifs is 1. The Hall–Kier alpha value is -3.02.